The van der Waals surface area contributed by atoms with E-state index in [1.165, 1.54) is 40.7 Å². The normalized spacial score (nSPS) is 12.5. The van der Waals surface area contributed by atoms with Crippen molar-refractivity contribution < 1.29 is 36.2 Å². The first-order valence-electron chi connectivity index (χ1n) is 12.6. The van der Waals surface area contributed by atoms with Crippen molar-refractivity contribution in [2.45, 2.75) is 37.6 Å². The maximum atomic E-state index is 14.9. The van der Waals surface area contributed by atoms with E-state index < -0.39 is 36.2 Å². The number of hydrazine groups is 1. The minimum Gasteiger partial charge on any atom is -0.406 e. The number of anilines is 1. The van der Waals surface area contributed by atoms with Crippen molar-refractivity contribution in [1.29, 1.82) is 0 Å². The van der Waals surface area contributed by atoms with Gasteiger partial charge in [-0.25, -0.2) is 14.9 Å². The molecule has 14 heteroatoms. The molecule has 0 saturated carbocycles. The van der Waals surface area contributed by atoms with Crippen molar-refractivity contribution in [1.82, 2.24) is 9.78 Å². The number of benzene rings is 3. The standard InChI is InChI=1S/C29H27F6N5O2S/c1-16-10-27(28(2,31)32)38-40(16)23-9-6-18(19-11-22(30)21(15-41)26(13-19)43-3)12-24(23)39(37)25(14-36)17-4-7-20(8-5-17)42-29(33,34)35/h4-14,41H,15,36-37H2,1-3H3/b25-14-. The van der Waals surface area contributed by atoms with Crippen molar-refractivity contribution in [3.63, 3.8) is 0 Å². The molecular formula is C29H27F6N5O2S. The van der Waals surface area contributed by atoms with Gasteiger partial charge in [-0.1, -0.05) is 6.07 Å². The molecule has 7 nitrogen and oxygen atoms in total. The van der Waals surface area contributed by atoms with Crippen molar-refractivity contribution in [2.24, 2.45) is 11.6 Å². The van der Waals surface area contributed by atoms with Crippen LogP contribution in [0.25, 0.3) is 22.5 Å². The number of halogens is 6. The number of nitrogens with two attached hydrogens (primary N) is 2. The van der Waals surface area contributed by atoms with E-state index in [1.54, 1.807) is 37.4 Å². The highest BCUT2D eigenvalue weighted by molar-refractivity contribution is 7.98. The van der Waals surface area contributed by atoms with E-state index in [9.17, 15) is 31.4 Å². The molecule has 0 aliphatic heterocycles. The molecular weight excluding hydrogens is 596 g/mol. The maximum Gasteiger partial charge on any atom is 0.573 e. The number of hydrogen-bond donors (Lipinski definition) is 3. The Morgan fingerprint density at radius 3 is 2.26 bits per heavy atom. The third-order valence-corrected chi connectivity index (χ3v) is 7.27. The lowest BCUT2D eigenvalue weighted by atomic mass is 10.0. The van der Waals surface area contributed by atoms with Gasteiger partial charge in [0.15, 0.2) is 0 Å². The number of nitrogens with zero attached hydrogens (tertiary/aromatic N) is 3. The molecule has 0 bridgehead atoms. The Balaban J connectivity index is 1.88. The molecule has 4 rings (SSSR count). The van der Waals surface area contributed by atoms with E-state index >= 15 is 0 Å². The molecule has 5 N–H and O–H groups in total. The van der Waals surface area contributed by atoms with Crippen molar-refractivity contribution in [3.8, 4) is 22.6 Å². The number of ether oxygens (including phenoxy) is 1. The zero-order chi connectivity index (χ0) is 31.7. The van der Waals surface area contributed by atoms with Crippen molar-refractivity contribution >= 4 is 23.1 Å². The summed E-state index contributed by atoms with van der Waals surface area (Å²) in [5.74, 6) is 2.23. The van der Waals surface area contributed by atoms with Crippen LogP contribution in [0.4, 0.5) is 32.0 Å². The number of aromatic nitrogens is 2. The van der Waals surface area contributed by atoms with E-state index in [-0.39, 0.29) is 22.6 Å². The molecule has 228 valence electrons. The van der Waals surface area contributed by atoms with Crippen molar-refractivity contribution in [2.75, 3.05) is 11.3 Å². The molecule has 0 unspecified atom stereocenters. The van der Waals surface area contributed by atoms with Gasteiger partial charge in [0.25, 0.3) is 5.92 Å². The molecule has 0 spiro atoms. The number of hydrogen-bond acceptors (Lipinski definition) is 7. The summed E-state index contributed by atoms with van der Waals surface area (Å²) in [5, 5.41) is 14.8. The molecule has 0 saturated heterocycles. The molecule has 43 heavy (non-hydrogen) atoms. The van der Waals surface area contributed by atoms with Gasteiger partial charge in [-0.2, -0.15) is 13.9 Å². The zero-order valence-corrected chi connectivity index (χ0v) is 23.9. The first-order valence-corrected chi connectivity index (χ1v) is 13.8. The maximum absolute atomic E-state index is 14.9. The molecule has 1 heterocycles. The Bertz CT molecular complexity index is 1650. The quantitative estimate of drug-likeness (QED) is 0.0812. The predicted octanol–water partition coefficient (Wildman–Crippen LogP) is 6.85. The molecule has 0 aliphatic rings. The van der Waals surface area contributed by atoms with Crippen LogP contribution in [0.2, 0.25) is 0 Å². The average Bonchev–Trinajstić information content (AvgIpc) is 3.34. The second-order valence-electron chi connectivity index (χ2n) is 9.47. The summed E-state index contributed by atoms with van der Waals surface area (Å²) >= 11 is 1.24. The monoisotopic (exact) mass is 623 g/mol. The minimum atomic E-state index is -4.88. The van der Waals surface area contributed by atoms with Gasteiger partial charge in [0.2, 0.25) is 0 Å². The van der Waals surface area contributed by atoms with Crippen LogP contribution in [-0.2, 0) is 12.5 Å². The lowest BCUT2D eigenvalue weighted by Crippen LogP contribution is -2.31. The second-order valence-corrected chi connectivity index (χ2v) is 10.3. The van der Waals surface area contributed by atoms with E-state index in [4.69, 9.17) is 11.6 Å². The van der Waals surface area contributed by atoms with Gasteiger partial charge >= 0.3 is 6.36 Å². The highest BCUT2D eigenvalue weighted by Crippen LogP contribution is 2.37. The van der Waals surface area contributed by atoms with E-state index in [0.29, 0.717) is 34.2 Å². The highest BCUT2D eigenvalue weighted by atomic mass is 32.2. The van der Waals surface area contributed by atoms with Gasteiger partial charge in [-0.05, 0) is 78.9 Å². The fourth-order valence-corrected chi connectivity index (χ4v) is 5.05. The van der Waals surface area contributed by atoms with Crippen LogP contribution >= 0.6 is 11.8 Å². The second kappa shape index (κ2) is 12.2. The number of alkyl halides is 5. The lowest BCUT2D eigenvalue weighted by Gasteiger charge is -2.26. The minimum absolute atomic E-state index is 0.134. The Hall–Kier alpha value is -4.14. The fraction of sp³-hybridized carbons (Fsp3) is 0.207. The number of thioether (sulfide) groups is 1. The topological polar surface area (TPSA) is 103 Å². The van der Waals surface area contributed by atoms with Crippen LogP contribution in [0.5, 0.6) is 5.75 Å². The Kier molecular flexibility index (Phi) is 9.04. The van der Waals surface area contributed by atoms with Crippen LogP contribution in [-0.4, -0.2) is 27.5 Å². The molecule has 4 aromatic rings. The van der Waals surface area contributed by atoms with Crippen LogP contribution in [0, 0.1) is 12.7 Å². The summed E-state index contributed by atoms with van der Waals surface area (Å²) in [6.07, 6.45) is -2.03. The average molecular weight is 624 g/mol. The summed E-state index contributed by atoms with van der Waals surface area (Å²) in [6.45, 7) is 1.80. The molecule has 0 radical (unpaired) electrons. The van der Waals surface area contributed by atoms with E-state index in [0.717, 1.165) is 23.3 Å². The first-order chi connectivity index (χ1) is 20.2. The van der Waals surface area contributed by atoms with Gasteiger partial charge in [-0.15, -0.1) is 24.9 Å². The first kappa shape index (κ1) is 31.8. The van der Waals surface area contributed by atoms with Gasteiger partial charge in [0, 0.05) is 34.8 Å². The van der Waals surface area contributed by atoms with Crippen molar-refractivity contribution in [3.05, 3.63) is 95.2 Å². The Morgan fingerprint density at radius 1 is 1.05 bits per heavy atom. The molecule has 0 amide bonds. The number of aliphatic hydroxyl groups is 1. The SMILES string of the molecule is CSc1cc(-c2ccc(-n3nc(C(C)(F)F)cc3C)c(N(N)/C(=C\N)c3ccc(OC(F)(F)F)cc3)c2)cc(F)c1CO. The third kappa shape index (κ3) is 6.92. The van der Waals surface area contributed by atoms with Crippen LogP contribution in [0.15, 0.2) is 71.8 Å². The van der Waals surface area contributed by atoms with E-state index in [1.807, 2.05) is 0 Å². The van der Waals surface area contributed by atoms with Gasteiger partial charge in [0.1, 0.15) is 17.3 Å². The number of aryl methyl sites for hydroxylation is 1. The summed E-state index contributed by atoms with van der Waals surface area (Å²) in [5.41, 5.74) is 7.72. The summed E-state index contributed by atoms with van der Waals surface area (Å²) in [6, 6.07) is 13.7. The van der Waals surface area contributed by atoms with Gasteiger partial charge in [0.05, 0.1) is 23.7 Å². The van der Waals surface area contributed by atoms with Crippen LogP contribution in [0.1, 0.15) is 29.4 Å². The molecule has 0 atom stereocenters. The number of aliphatic hydroxyl groups excluding tert-OH is 1. The highest BCUT2D eigenvalue weighted by Gasteiger charge is 2.31. The summed E-state index contributed by atoms with van der Waals surface area (Å²) in [7, 11) is 0. The zero-order valence-electron chi connectivity index (χ0n) is 23.1. The summed E-state index contributed by atoms with van der Waals surface area (Å²) in [4.78, 5) is 0.508. The van der Waals surface area contributed by atoms with Crippen LogP contribution < -0.4 is 21.3 Å². The number of rotatable bonds is 9. The summed E-state index contributed by atoms with van der Waals surface area (Å²) < 4.78 is 86.3. The largest absolute Gasteiger partial charge is 0.573 e. The molecule has 0 aliphatic carbocycles. The predicted molar refractivity (Wildman–Crippen MR) is 153 cm³/mol. The third-order valence-electron chi connectivity index (χ3n) is 6.47. The molecule has 0 fully saturated rings. The Labute approximate surface area is 247 Å². The van der Waals surface area contributed by atoms with E-state index in [2.05, 4.69) is 9.84 Å². The smallest absolute Gasteiger partial charge is 0.406 e. The van der Waals surface area contributed by atoms with Gasteiger partial charge < -0.3 is 15.6 Å². The van der Waals surface area contributed by atoms with Crippen LogP contribution in [0.3, 0.4) is 0 Å². The molecule has 3 aromatic carbocycles. The molecule has 1 aromatic heterocycles. The van der Waals surface area contributed by atoms with Gasteiger partial charge in [-0.3, -0.25) is 5.01 Å². The lowest BCUT2D eigenvalue weighted by molar-refractivity contribution is -0.274. The fourth-order valence-electron chi connectivity index (χ4n) is 4.39. The Morgan fingerprint density at radius 2 is 1.72 bits per heavy atom.